The summed E-state index contributed by atoms with van der Waals surface area (Å²) in [4.78, 5) is 24.4. The molecule has 170 valence electrons. The number of aryl methyl sites for hydroxylation is 1. The van der Waals surface area contributed by atoms with E-state index in [1.807, 2.05) is 25.1 Å². The molecule has 3 aromatic carbocycles. The molecule has 0 aliphatic heterocycles. The lowest BCUT2D eigenvalue weighted by atomic mass is 10.2. The number of nitrogens with zero attached hydrogens (tertiary/aromatic N) is 1. The first-order valence-electron chi connectivity index (χ1n) is 9.72. The average molecular weight is 487 g/mol. The fourth-order valence-corrected chi connectivity index (χ4v) is 3.21. The van der Waals surface area contributed by atoms with Gasteiger partial charge in [-0.2, -0.15) is 5.10 Å². The highest BCUT2D eigenvalue weighted by Crippen LogP contribution is 2.30. The van der Waals surface area contributed by atoms with Gasteiger partial charge in [-0.25, -0.2) is 10.2 Å². The Morgan fingerprint density at radius 1 is 1.03 bits per heavy atom. The van der Waals surface area contributed by atoms with Crippen LogP contribution in [0.15, 0.2) is 65.8 Å². The van der Waals surface area contributed by atoms with Crippen LogP contribution in [-0.2, 0) is 4.79 Å². The first kappa shape index (κ1) is 24.1. The Morgan fingerprint density at radius 2 is 1.85 bits per heavy atom. The largest absolute Gasteiger partial charge is 0.493 e. The maximum absolute atomic E-state index is 12.4. The minimum atomic E-state index is -0.655. The Balaban J connectivity index is 1.59. The van der Waals surface area contributed by atoms with Crippen molar-refractivity contribution in [2.24, 2.45) is 5.10 Å². The van der Waals surface area contributed by atoms with E-state index in [2.05, 4.69) is 10.5 Å². The van der Waals surface area contributed by atoms with Crippen LogP contribution in [0.2, 0.25) is 10.0 Å². The summed E-state index contributed by atoms with van der Waals surface area (Å²) in [5.41, 5.74) is 4.20. The molecule has 3 rings (SSSR count). The molecule has 0 aliphatic rings. The van der Waals surface area contributed by atoms with Crippen LogP contribution in [-0.4, -0.2) is 31.8 Å². The topological polar surface area (TPSA) is 86.2 Å². The van der Waals surface area contributed by atoms with Crippen molar-refractivity contribution in [2.75, 3.05) is 13.7 Å². The van der Waals surface area contributed by atoms with Crippen LogP contribution >= 0.6 is 23.2 Å². The molecule has 0 spiro atoms. The summed E-state index contributed by atoms with van der Waals surface area (Å²) >= 11 is 11.9. The number of amides is 1. The molecule has 0 atom stereocenters. The van der Waals surface area contributed by atoms with Crippen molar-refractivity contribution in [1.82, 2.24) is 5.43 Å². The molecule has 0 saturated carbocycles. The number of esters is 1. The zero-order chi connectivity index (χ0) is 23.8. The smallest absolute Gasteiger partial charge is 0.345 e. The highest BCUT2D eigenvalue weighted by molar-refractivity contribution is 6.36. The van der Waals surface area contributed by atoms with Gasteiger partial charge in [-0.15, -0.1) is 0 Å². The van der Waals surface area contributed by atoms with Crippen LogP contribution in [0.3, 0.4) is 0 Å². The second kappa shape index (κ2) is 11.4. The fourth-order valence-electron chi connectivity index (χ4n) is 2.72. The van der Waals surface area contributed by atoms with Gasteiger partial charge in [0.05, 0.1) is 23.9 Å². The van der Waals surface area contributed by atoms with Gasteiger partial charge in [0.2, 0.25) is 0 Å². The van der Waals surface area contributed by atoms with Crippen LogP contribution in [0.4, 0.5) is 0 Å². The third-order valence-electron chi connectivity index (χ3n) is 4.30. The molecule has 33 heavy (non-hydrogen) atoms. The Morgan fingerprint density at radius 3 is 2.58 bits per heavy atom. The number of hydrogen-bond donors (Lipinski definition) is 1. The number of hydrogen-bond acceptors (Lipinski definition) is 6. The van der Waals surface area contributed by atoms with Crippen LogP contribution < -0.4 is 19.6 Å². The minimum absolute atomic E-state index is 0.171. The van der Waals surface area contributed by atoms with Crippen molar-refractivity contribution in [3.05, 3.63) is 87.4 Å². The van der Waals surface area contributed by atoms with Gasteiger partial charge < -0.3 is 14.2 Å². The highest BCUT2D eigenvalue weighted by atomic mass is 35.5. The summed E-state index contributed by atoms with van der Waals surface area (Å²) in [6, 6.07) is 16.7. The summed E-state index contributed by atoms with van der Waals surface area (Å²) in [7, 11) is 1.44. The lowest BCUT2D eigenvalue weighted by Gasteiger charge is -2.10. The van der Waals surface area contributed by atoms with Gasteiger partial charge in [-0.1, -0.05) is 35.3 Å². The molecule has 0 bridgehead atoms. The molecule has 0 radical (unpaired) electrons. The number of hydrazone groups is 1. The number of ether oxygens (including phenoxy) is 3. The van der Waals surface area contributed by atoms with Crippen LogP contribution in [0, 0.1) is 6.92 Å². The lowest BCUT2D eigenvalue weighted by molar-refractivity contribution is -0.123. The third kappa shape index (κ3) is 6.97. The summed E-state index contributed by atoms with van der Waals surface area (Å²) < 4.78 is 16.1. The van der Waals surface area contributed by atoms with Gasteiger partial charge in [0, 0.05) is 5.02 Å². The van der Waals surface area contributed by atoms with Gasteiger partial charge in [0.15, 0.2) is 18.1 Å². The van der Waals surface area contributed by atoms with Crippen molar-refractivity contribution in [3.63, 3.8) is 0 Å². The maximum Gasteiger partial charge on any atom is 0.345 e. The fraction of sp³-hybridized carbons (Fsp3) is 0.125. The molecular formula is C24H20Cl2N2O5. The number of carbonyl (C=O) groups is 2. The number of carbonyl (C=O) groups excluding carboxylic acids is 2. The summed E-state index contributed by atoms with van der Waals surface area (Å²) in [6.07, 6.45) is 1.43. The van der Waals surface area contributed by atoms with Crippen LogP contribution in [0.25, 0.3) is 0 Å². The first-order chi connectivity index (χ1) is 15.9. The molecule has 9 heteroatoms. The number of benzene rings is 3. The van der Waals surface area contributed by atoms with E-state index in [0.29, 0.717) is 22.1 Å². The molecule has 0 saturated heterocycles. The quantitative estimate of drug-likeness (QED) is 0.208. The average Bonchev–Trinajstić information content (AvgIpc) is 2.78. The van der Waals surface area contributed by atoms with E-state index in [1.54, 1.807) is 30.3 Å². The molecule has 7 nitrogen and oxygen atoms in total. The molecule has 0 aromatic heterocycles. The molecule has 0 unspecified atom stereocenters. The van der Waals surface area contributed by atoms with E-state index in [-0.39, 0.29) is 22.9 Å². The Hall–Kier alpha value is -3.55. The van der Waals surface area contributed by atoms with Crippen molar-refractivity contribution < 1.29 is 23.8 Å². The molecule has 0 fully saturated rings. The number of methoxy groups -OCH3 is 1. The van der Waals surface area contributed by atoms with Crippen molar-refractivity contribution >= 4 is 41.3 Å². The van der Waals surface area contributed by atoms with Gasteiger partial charge in [-0.05, 0) is 66.6 Å². The van der Waals surface area contributed by atoms with Crippen LogP contribution in [0.5, 0.6) is 17.2 Å². The molecular weight excluding hydrogens is 467 g/mol. The molecule has 0 aliphatic carbocycles. The standard InChI is InChI=1S/C24H20Cl2N2O5/c1-15-4-3-5-18(10-15)32-14-23(29)28-27-13-16-6-9-21(22(11-16)31-2)33-24(30)19-8-7-17(25)12-20(19)26/h3-13H,14H2,1-2H3,(H,28,29)/b27-13+. The Labute approximate surface area is 200 Å². The second-order valence-corrected chi connectivity index (χ2v) is 7.67. The highest BCUT2D eigenvalue weighted by Gasteiger charge is 2.16. The van der Waals surface area contributed by atoms with Crippen molar-refractivity contribution in [3.8, 4) is 17.2 Å². The van der Waals surface area contributed by atoms with E-state index >= 15 is 0 Å². The van der Waals surface area contributed by atoms with E-state index in [4.69, 9.17) is 37.4 Å². The van der Waals surface area contributed by atoms with E-state index in [1.165, 1.54) is 25.5 Å². The van der Waals surface area contributed by atoms with Gasteiger partial charge in [0.1, 0.15) is 5.75 Å². The first-order valence-corrected chi connectivity index (χ1v) is 10.5. The van der Waals surface area contributed by atoms with Crippen molar-refractivity contribution in [2.45, 2.75) is 6.92 Å². The SMILES string of the molecule is COc1cc(/C=N/NC(=O)COc2cccc(C)c2)ccc1OC(=O)c1ccc(Cl)cc1Cl. The number of halogens is 2. The van der Waals surface area contributed by atoms with Crippen LogP contribution in [0.1, 0.15) is 21.5 Å². The second-order valence-electron chi connectivity index (χ2n) is 6.82. The maximum atomic E-state index is 12.4. The van der Waals surface area contributed by atoms with E-state index < -0.39 is 11.9 Å². The van der Waals surface area contributed by atoms with Crippen molar-refractivity contribution in [1.29, 1.82) is 0 Å². The summed E-state index contributed by atoms with van der Waals surface area (Å²) in [5.74, 6) is 0.0269. The zero-order valence-electron chi connectivity index (χ0n) is 17.8. The number of rotatable bonds is 8. The number of nitrogens with one attached hydrogen (secondary N) is 1. The third-order valence-corrected chi connectivity index (χ3v) is 4.85. The molecule has 0 heterocycles. The van der Waals surface area contributed by atoms with E-state index in [0.717, 1.165) is 5.56 Å². The predicted octanol–water partition coefficient (Wildman–Crippen LogP) is 5.06. The van der Waals surface area contributed by atoms with Gasteiger partial charge in [0.25, 0.3) is 5.91 Å². The molecule has 1 N–H and O–H groups in total. The Bertz CT molecular complexity index is 1200. The van der Waals surface area contributed by atoms with E-state index in [9.17, 15) is 9.59 Å². The predicted molar refractivity (Wildman–Crippen MR) is 127 cm³/mol. The summed E-state index contributed by atoms with van der Waals surface area (Å²) in [5, 5.41) is 4.49. The lowest BCUT2D eigenvalue weighted by Crippen LogP contribution is -2.24. The molecule has 1 amide bonds. The molecule has 3 aromatic rings. The van der Waals surface area contributed by atoms with Gasteiger partial charge in [-0.3, -0.25) is 4.79 Å². The summed E-state index contributed by atoms with van der Waals surface area (Å²) in [6.45, 7) is 1.76. The van der Waals surface area contributed by atoms with Gasteiger partial charge >= 0.3 is 5.97 Å². The normalized spacial score (nSPS) is 10.7. The monoisotopic (exact) mass is 486 g/mol. The minimum Gasteiger partial charge on any atom is -0.493 e. The Kier molecular flexibility index (Phi) is 8.29. The zero-order valence-corrected chi connectivity index (χ0v) is 19.3.